The van der Waals surface area contributed by atoms with Crippen LogP contribution >= 0.6 is 0 Å². The van der Waals surface area contributed by atoms with Gasteiger partial charge in [-0.3, -0.25) is 0 Å². The summed E-state index contributed by atoms with van der Waals surface area (Å²) in [6.07, 6.45) is 1.21. The molecule has 1 atom stereocenters. The molecule has 0 radical (unpaired) electrons. The van der Waals surface area contributed by atoms with Crippen LogP contribution in [0.3, 0.4) is 0 Å². The largest absolute Gasteiger partial charge is 0.377 e. The Balaban J connectivity index is 2.11. The van der Waals surface area contributed by atoms with Crippen LogP contribution in [-0.2, 0) is 14.8 Å². The Kier molecular flexibility index (Phi) is 3.92. The zero-order chi connectivity index (χ0) is 15.7. The summed E-state index contributed by atoms with van der Waals surface area (Å²) >= 11 is 0. The first kappa shape index (κ1) is 15.1. The first-order valence-electron chi connectivity index (χ1n) is 7.03. The fourth-order valence-corrected chi connectivity index (χ4v) is 4.08. The summed E-state index contributed by atoms with van der Waals surface area (Å²) in [5.74, 6) is -0.801. The molecule has 7 heteroatoms. The number of aromatic nitrogens is 1. The smallest absolute Gasteiger partial charge is 0.271 e. The minimum atomic E-state index is -3.97. The van der Waals surface area contributed by atoms with Crippen LogP contribution in [0.1, 0.15) is 6.92 Å². The van der Waals surface area contributed by atoms with Crippen molar-refractivity contribution in [3.05, 3.63) is 48.5 Å². The van der Waals surface area contributed by atoms with Gasteiger partial charge in [0.2, 0.25) is 5.95 Å². The molecule has 1 aromatic carbocycles. The summed E-state index contributed by atoms with van der Waals surface area (Å²) in [7, 11) is -3.97. The molecule has 2 heterocycles. The second-order valence-electron chi connectivity index (χ2n) is 5.22. The van der Waals surface area contributed by atoms with Crippen LogP contribution in [0.4, 0.5) is 10.1 Å². The first-order chi connectivity index (χ1) is 10.5. The Hall–Kier alpha value is -1.86. The van der Waals surface area contributed by atoms with Gasteiger partial charge < -0.3 is 9.64 Å². The fourth-order valence-electron chi connectivity index (χ4n) is 2.64. The van der Waals surface area contributed by atoms with Crippen LogP contribution in [-0.4, -0.2) is 38.2 Å². The summed E-state index contributed by atoms with van der Waals surface area (Å²) in [6.45, 7) is 3.64. The molecule has 0 amide bonds. The van der Waals surface area contributed by atoms with Gasteiger partial charge >= 0.3 is 0 Å². The Morgan fingerprint density at radius 1 is 1.23 bits per heavy atom. The number of nitrogens with zero attached hydrogens (tertiary/aromatic N) is 2. The van der Waals surface area contributed by atoms with Crippen molar-refractivity contribution in [1.82, 2.24) is 3.97 Å². The second kappa shape index (κ2) is 5.73. The number of para-hydroxylation sites is 1. The van der Waals surface area contributed by atoms with Gasteiger partial charge in [0, 0.05) is 18.8 Å². The van der Waals surface area contributed by atoms with E-state index in [0.717, 1.165) is 6.07 Å². The molecule has 1 fully saturated rings. The number of benzene rings is 1. The molecule has 118 valence electrons. The van der Waals surface area contributed by atoms with Crippen molar-refractivity contribution < 1.29 is 17.5 Å². The molecule has 0 spiro atoms. The lowest BCUT2D eigenvalue weighted by Crippen LogP contribution is -2.44. The molecule has 1 aliphatic rings. The maximum absolute atomic E-state index is 13.7. The van der Waals surface area contributed by atoms with Gasteiger partial charge in [-0.05, 0) is 31.2 Å². The number of rotatable bonds is 3. The predicted octanol–water partition coefficient (Wildman–Crippen LogP) is 2.09. The van der Waals surface area contributed by atoms with E-state index >= 15 is 0 Å². The first-order valence-corrected chi connectivity index (χ1v) is 8.47. The van der Waals surface area contributed by atoms with Crippen LogP contribution in [0, 0.1) is 5.95 Å². The summed E-state index contributed by atoms with van der Waals surface area (Å²) in [4.78, 5) is 2.08. The molecular formula is C15H17FN2O3S. The fraction of sp³-hybridized carbons (Fsp3) is 0.333. The van der Waals surface area contributed by atoms with E-state index in [1.165, 1.54) is 18.3 Å². The van der Waals surface area contributed by atoms with Crippen molar-refractivity contribution in [3.63, 3.8) is 0 Å². The van der Waals surface area contributed by atoms with E-state index in [1.54, 1.807) is 18.2 Å². The zero-order valence-electron chi connectivity index (χ0n) is 12.1. The SMILES string of the molecule is C[C@H]1COCCN1c1ccccc1S(=O)(=O)n1cccc1F. The number of anilines is 1. The molecule has 0 unspecified atom stereocenters. The van der Waals surface area contributed by atoms with Crippen molar-refractivity contribution in [3.8, 4) is 0 Å². The van der Waals surface area contributed by atoms with Crippen molar-refractivity contribution in [2.45, 2.75) is 17.9 Å². The third kappa shape index (κ3) is 2.50. The second-order valence-corrected chi connectivity index (χ2v) is 7.00. The lowest BCUT2D eigenvalue weighted by atomic mass is 10.2. The van der Waals surface area contributed by atoms with Gasteiger partial charge in [0.15, 0.2) is 0 Å². The van der Waals surface area contributed by atoms with Gasteiger partial charge in [0.1, 0.15) is 4.90 Å². The van der Waals surface area contributed by atoms with E-state index in [1.807, 2.05) is 11.8 Å². The van der Waals surface area contributed by atoms with Gasteiger partial charge in [-0.25, -0.2) is 12.4 Å². The van der Waals surface area contributed by atoms with Gasteiger partial charge in [-0.15, -0.1) is 0 Å². The van der Waals surface area contributed by atoms with Crippen LogP contribution in [0.2, 0.25) is 0 Å². The molecule has 0 bridgehead atoms. The number of ether oxygens (including phenoxy) is 1. The van der Waals surface area contributed by atoms with Crippen molar-refractivity contribution in [2.24, 2.45) is 0 Å². The highest BCUT2D eigenvalue weighted by Crippen LogP contribution is 2.29. The molecular weight excluding hydrogens is 307 g/mol. The lowest BCUT2D eigenvalue weighted by molar-refractivity contribution is 0.0987. The zero-order valence-corrected chi connectivity index (χ0v) is 13.0. The average Bonchev–Trinajstić information content (AvgIpc) is 2.95. The average molecular weight is 324 g/mol. The van der Waals surface area contributed by atoms with E-state index in [9.17, 15) is 12.8 Å². The third-order valence-corrected chi connectivity index (χ3v) is 5.46. The Morgan fingerprint density at radius 3 is 2.68 bits per heavy atom. The van der Waals surface area contributed by atoms with Gasteiger partial charge in [-0.1, -0.05) is 12.1 Å². The maximum atomic E-state index is 13.7. The van der Waals surface area contributed by atoms with E-state index < -0.39 is 16.0 Å². The number of halogens is 1. The molecule has 0 aliphatic carbocycles. The minimum absolute atomic E-state index is 0.0552. The quantitative estimate of drug-likeness (QED) is 0.867. The Labute approximate surface area is 129 Å². The van der Waals surface area contributed by atoms with Crippen LogP contribution in [0.5, 0.6) is 0 Å². The van der Waals surface area contributed by atoms with Crippen LogP contribution in [0.25, 0.3) is 0 Å². The number of hydrogen-bond acceptors (Lipinski definition) is 4. The predicted molar refractivity (Wildman–Crippen MR) is 81.0 cm³/mol. The van der Waals surface area contributed by atoms with Gasteiger partial charge in [0.25, 0.3) is 10.0 Å². The van der Waals surface area contributed by atoms with E-state index in [4.69, 9.17) is 4.74 Å². The van der Waals surface area contributed by atoms with Gasteiger partial charge in [0.05, 0.1) is 18.9 Å². The molecule has 1 aliphatic heterocycles. The molecule has 3 rings (SSSR count). The standard InChI is InChI=1S/C15H17FN2O3S/c1-12-11-21-10-9-17(12)13-5-2-3-6-14(13)22(19,20)18-8-4-7-15(18)16/h2-8,12H,9-11H2,1H3/t12-/m0/s1. The third-order valence-electron chi connectivity index (χ3n) is 3.74. The van der Waals surface area contributed by atoms with E-state index in [0.29, 0.717) is 29.4 Å². The monoisotopic (exact) mass is 324 g/mol. The van der Waals surface area contributed by atoms with Crippen molar-refractivity contribution in [2.75, 3.05) is 24.7 Å². The maximum Gasteiger partial charge on any atom is 0.271 e. The van der Waals surface area contributed by atoms with E-state index in [-0.39, 0.29) is 10.9 Å². The number of hydrogen-bond donors (Lipinski definition) is 0. The summed E-state index contributed by atoms with van der Waals surface area (Å²) < 4.78 is 45.3. The molecule has 0 N–H and O–H groups in total. The van der Waals surface area contributed by atoms with Crippen molar-refractivity contribution in [1.29, 1.82) is 0 Å². The Bertz CT molecular complexity index is 773. The van der Waals surface area contributed by atoms with Gasteiger partial charge in [-0.2, -0.15) is 4.39 Å². The topological polar surface area (TPSA) is 51.5 Å². The summed E-state index contributed by atoms with van der Waals surface area (Å²) in [5, 5.41) is 0. The van der Waals surface area contributed by atoms with E-state index in [2.05, 4.69) is 0 Å². The molecule has 5 nitrogen and oxygen atoms in total. The molecule has 22 heavy (non-hydrogen) atoms. The molecule has 0 saturated carbocycles. The minimum Gasteiger partial charge on any atom is -0.377 e. The molecule has 2 aromatic rings. The van der Waals surface area contributed by atoms with Crippen LogP contribution < -0.4 is 4.90 Å². The number of morpholine rings is 1. The highest BCUT2D eigenvalue weighted by Gasteiger charge is 2.28. The molecule has 1 saturated heterocycles. The molecule has 1 aromatic heterocycles. The highest BCUT2D eigenvalue weighted by molar-refractivity contribution is 7.90. The normalized spacial score (nSPS) is 19.4. The summed E-state index contributed by atoms with van der Waals surface area (Å²) in [6, 6.07) is 9.22. The van der Waals surface area contributed by atoms with Crippen molar-refractivity contribution >= 4 is 15.7 Å². The van der Waals surface area contributed by atoms with Crippen LogP contribution in [0.15, 0.2) is 47.5 Å². The lowest BCUT2D eigenvalue weighted by Gasteiger charge is -2.36. The highest BCUT2D eigenvalue weighted by atomic mass is 32.2. The Morgan fingerprint density at radius 2 is 2.00 bits per heavy atom. The summed E-state index contributed by atoms with van der Waals surface area (Å²) in [5.41, 5.74) is 0.575.